The fourth-order valence-electron chi connectivity index (χ4n) is 5.98. The molecule has 2 aliphatic carbocycles. The molecule has 0 unspecified atom stereocenters. The maximum absolute atomic E-state index is 3.50. The van der Waals surface area contributed by atoms with Crippen molar-refractivity contribution in [1.82, 2.24) is 0 Å². The number of benzene rings is 4. The van der Waals surface area contributed by atoms with Gasteiger partial charge in [-0.3, -0.25) is 0 Å². The second kappa shape index (κ2) is 12.2. The van der Waals surface area contributed by atoms with Crippen LogP contribution in [0.15, 0.2) is 140 Å². The number of halogens is 2. The molecule has 4 aromatic rings. The van der Waals surface area contributed by atoms with Gasteiger partial charge in [0, 0.05) is 0 Å². The van der Waals surface area contributed by atoms with E-state index in [1.165, 1.54) is 44.5 Å². The van der Waals surface area contributed by atoms with Crippen molar-refractivity contribution < 1.29 is 17.4 Å². The van der Waals surface area contributed by atoms with Gasteiger partial charge in [0.15, 0.2) is 0 Å². The second-order valence-corrected chi connectivity index (χ2v) is 40.5. The van der Waals surface area contributed by atoms with Gasteiger partial charge in [0.2, 0.25) is 0 Å². The molecule has 0 aromatic heterocycles. The molecule has 0 amide bonds. The Kier molecular flexibility index (Phi) is 9.28. The van der Waals surface area contributed by atoms with Crippen LogP contribution in [0.2, 0.25) is 9.26 Å². The number of hydrogen-bond donors (Lipinski definition) is 0. The van der Waals surface area contributed by atoms with E-state index >= 15 is 0 Å². The molecule has 0 spiro atoms. The third-order valence-electron chi connectivity index (χ3n) is 8.50. The van der Waals surface area contributed by atoms with Gasteiger partial charge < -0.3 is 0 Å². The molecule has 0 fully saturated rings. The fraction of sp³-hybridized carbons (Fsp3) is 0.111. The Bertz CT molecular complexity index is 1570. The Hall–Kier alpha value is -2.48. The zero-order valence-electron chi connectivity index (χ0n) is 23.1. The van der Waals surface area contributed by atoms with Crippen molar-refractivity contribution in [3.8, 4) is 0 Å². The first kappa shape index (κ1) is 30.5. The third kappa shape index (κ3) is 5.79. The molecule has 6 rings (SSSR count). The maximum atomic E-state index is 2.66. The molecule has 0 saturated heterocycles. The first-order valence-electron chi connectivity index (χ1n) is 13.6. The standard InChI is InChI=1S/2C17H13.2CH3.2ClH.H2Si.Zr/c2*1-3-8-14(9-4-1)16-12-7-13-17(16)15-10-5-2-6-11-15;;;;;;/h2*1-6,8-12H,13H2;2*1H3;2*1H;1H2;. The SMILES string of the molecule is Cl.Cl.[CH3][Zr]([CH3])(=[SiH2])([C]1=CC(c2ccccc2)=C(c2ccccc2)C1)[C]1=CC(c2ccccc2)=C(c2ccccc2)C1. The topological polar surface area (TPSA) is 0 Å². The van der Waals surface area contributed by atoms with Crippen molar-refractivity contribution in [2.45, 2.75) is 22.1 Å². The van der Waals surface area contributed by atoms with Gasteiger partial charge in [-0.2, -0.15) is 0 Å². The molecular weight excluding hydrogens is 623 g/mol. The van der Waals surface area contributed by atoms with Crippen LogP contribution in [0, 0.1) is 0 Å². The van der Waals surface area contributed by atoms with E-state index < -0.39 is 17.4 Å². The van der Waals surface area contributed by atoms with Crippen LogP contribution in [0.4, 0.5) is 0 Å². The predicted molar refractivity (Wildman–Crippen MR) is 180 cm³/mol. The minimum absolute atomic E-state index is 0. The van der Waals surface area contributed by atoms with E-state index in [4.69, 9.17) is 0 Å². The summed E-state index contributed by atoms with van der Waals surface area (Å²) in [7, 11) is 0. The summed E-state index contributed by atoms with van der Waals surface area (Å²) >= 11 is -3.50. The fourth-order valence-corrected chi connectivity index (χ4v) is 16.3. The monoisotopic (exact) mass is 656 g/mol. The van der Waals surface area contributed by atoms with Crippen LogP contribution in [0.1, 0.15) is 35.1 Å². The van der Waals surface area contributed by atoms with Crippen LogP contribution < -0.4 is 0 Å². The van der Waals surface area contributed by atoms with Gasteiger partial charge in [0.1, 0.15) is 0 Å². The van der Waals surface area contributed by atoms with E-state index in [1.807, 2.05) is 0 Å². The third-order valence-corrected chi connectivity index (χ3v) is 25.6. The summed E-state index contributed by atoms with van der Waals surface area (Å²) in [5.74, 6) is 0. The molecule has 4 aromatic carbocycles. The van der Waals surface area contributed by atoms with Crippen LogP contribution in [-0.2, 0) is 17.4 Å². The summed E-state index contributed by atoms with van der Waals surface area (Å²) in [6.45, 7) is 2.36. The summed E-state index contributed by atoms with van der Waals surface area (Å²) in [4.78, 5) is 0. The van der Waals surface area contributed by atoms with Gasteiger partial charge in [0.25, 0.3) is 0 Å². The molecule has 4 heteroatoms. The number of allylic oxidation sites excluding steroid dienone is 8. The van der Waals surface area contributed by atoms with E-state index in [0.717, 1.165) is 12.8 Å². The van der Waals surface area contributed by atoms with Crippen LogP contribution in [0.3, 0.4) is 0 Å². The Labute approximate surface area is 253 Å². The van der Waals surface area contributed by atoms with Crippen LogP contribution >= 0.6 is 24.8 Å². The summed E-state index contributed by atoms with van der Waals surface area (Å²) in [5, 5.41) is 0. The van der Waals surface area contributed by atoms with Gasteiger partial charge in [-0.25, -0.2) is 0 Å². The second-order valence-electron chi connectivity index (χ2n) is 11.6. The molecule has 0 saturated carbocycles. The first-order chi connectivity index (χ1) is 18.4. The Morgan fingerprint density at radius 1 is 0.450 bits per heavy atom. The van der Waals surface area contributed by atoms with Crippen molar-refractivity contribution >= 4 is 54.0 Å². The van der Waals surface area contributed by atoms with Crippen molar-refractivity contribution in [2.24, 2.45) is 0 Å². The molecule has 0 bridgehead atoms. The van der Waals surface area contributed by atoms with Gasteiger partial charge in [-0.05, 0) is 0 Å². The van der Waals surface area contributed by atoms with E-state index in [9.17, 15) is 0 Å². The van der Waals surface area contributed by atoms with Gasteiger partial charge in [-0.1, -0.05) is 0 Å². The molecule has 0 atom stereocenters. The first-order valence-corrected chi connectivity index (χ1v) is 26.9. The van der Waals surface area contributed by atoms with Crippen molar-refractivity contribution in [2.75, 3.05) is 0 Å². The molecule has 0 N–H and O–H groups in total. The van der Waals surface area contributed by atoms with Gasteiger partial charge in [0.05, 0.1) is 0 Å². The van der Waals surface area contributed by atoms with Gasteiger partial charge >= 0.3 is 231 Å². The van der Waals surface area contributed by atoms with Gasteiger partial charge in [-0.15, -0.1) is 24.8 Å². The van der Waals surface area contributed by atoms with E-state index in [2.05, 4.69) is 150 Å². The zero-order chi connectivity index (χ0) is 26.2. The molecule has 0 nitrogen and oxygen atoms in total. The zero-order valence-corrected chi connectivity index (χ0v) is 28.6. The number of rotatable bonds is 6. The summed E-state index contributed by atoms with van der Waals surface area (Å²) in [6.07, 6.45) is 7.27. The van der Waals surface area contributed by atoms with Crippen LogP contribution in [-0.4, -0.2) is 6.88 Å². The van der Waals surface area contributed by atoms with E-state index in [-0.39, 0.29) is 24.8 Å². The predicted octanol–water partition coefficient (Wildman–Crippen LogP) is 9.96. The molecule has 0 heterocycles. The quantitative estimate of drug-likeness (QED) is 0.181. The Morgan fingerprint density at radius 3 is 1.02 bits per heavy atom. The van der Waals surface area contributed by atoms with E-state index in [0.29, 0.717) is 0 Å². The molecule has 202 valence electrons. The summed E-state index contributed by atoms with van der Waals surface area (Å²) in [6, 6.07) is 44.0. The minimum atomic E-state index is -3.50. The van der Waals surface area contributed by atoms with Crippen molar-refractivity contribution in [1.29, 1.82) is 0 Å². The molecule has 2 aliphatic rings. The Balaban J connectivity index is 0.00000185. The Morgan fingerprint density at radius 2 is 0.725 bits per heavy atom. The summed E-state index contributed by atoms with van der Waals surface area (Å²) in [5.41, 5.74) is 11.1. The molecule has 40 heavy (non-hydrogen) atoms. The average Bonchev–Trinajstić information content (AvgIpc) is 3.62. The van der Waals surface area contributed by atoms with Crippen LogP contribution in [0.5, 0.6) is 0 Å². The van der Waals surface area contributed by atoms with Crippen molar-refractivity contribution in [3.63, 3.8) is 0 Å². The van der Waals surface area contributed by atoms with E-state index in [1.54, 1.807) is 6.56 Å². The molecule has 0 aliphatic heterocycles. The molecule has 0 radical (unpaired) electrons. The molecular formula is C36H36Cl2SiZr. The normalized spacial score (nSPS) is 15.3. The number of hydrogen-bond acceptors (Lipinski definition) is 0. The van der Waals surface area contributed by atoms with Crippen molar-refractivity contribution in [3.05, 3.63) is 162 Å². The summed E-state index contributed by atoms with van der Waals surface area (Å²) < 4.78 is 8.70. The van der Waals surface area contributed by atoms with Crippen LogP contribution in [0.25, 0.3) is 22.3 Å². The average molecular weight is 659 g/mol.